The van der Waals surface area contributed by atoms with Crippen molar-refractivity contribution in [2.24, 2.45) is 0 Å². The van der Waals surface area contributed by atoms with E-state index in [1.54, 1.807) is 6.08 Å². The highest BCUT2D eigenvalue weighted by molar-refractivity contribution is 9.09. The minimum Gasteiger partial charge on any atom is -0.212 e. The number of alkyl halides is 1. The summed E-state index contributed by atoms with van der Waals surface area (Å²) in [6, 6.07) is 0. The summed E-state index contributed by atoms with van der Waals surface area (Å²) in [5.74, 6) is 1.04. The van der Waals surface area contributed by atoms with E-state index in [9.17, 15) is 4.39 Å². The van der Waals surface area contributed by atoms with Crippen LogP contribution in [0.25, 0.3) is 0 Å². The molecule has 2 heteroatoms. The number of hydrogen-bond acceptors (Lipinski definition) is 0. The van der Waals surface area contributed by atoms with Gasteiger partial charge in [0.1, 0.15) is 5.83 Å². The Morgan fingerprint density at radius 2 is 2.44 bits per heavy atom. The van der Waals surface area contributed by atoms with Gasteiger partial charge in [0.15, 0.2) is 0 Å². The van der Waals surface area contributed by atoms with Crippen molar-refractivity contribution in [2.45, 2.75) is 6.42 Å². The number of halogens is 2. The molecular weight excluding hydrogens is 183 g/mol. The molecule has 49 valence electrons. The van der Waals surface area contributed by atoms with E-state index in [1.165, 1.54) is 6.08 Å². The topological polar surface area (TPSA) is 0 Å². The van der Waals surface area contributed by atoms with Crippen LogP contribution in [-0.4, -0.2) is 5.33 Å². The van der Waals surface area contributed by atoms with Crippen molar-refractivity contribution in [3.8, 4) is 0 Å². The third-order valence-electron chi connectivity index (χ3n) is 1.18. The van der Waals surface area contributed by atoms with E-state index in [4.69, 9.17) is 0 Å². The van der Waals surface area contributed by atoms with E-state index >= 15 is 0 Å². The van der Waals surface area contributed by atoms with Crippen molar-refractivity contribution in [2.75, 3.05) is 5.33 Å². The Kier molecular flexibility index (Phi) is 2.46. The molecule has 0 N–H and O–H groups in total. The van der Waals surface area contributed by atoms with Crippen molar-refractivity contribution in [3.05, 3.63) is 30.0 Å². The van der Waals surface area contributed by atoms with E-state index in [-0.39, 0.29) is 5.83 Å². The molecular formula is C7H7BrF. The smallest absolute Gasteiger partial charge is 0.101 e. The maximum Gasteiger partial charge on any atom is 0.101 e. The monoisotopic (exact) mass is 189 g/mol. The van der Waals surface area contributed by atoms with Crippen LogP contribution in [0.2, 0.25) is 0 Å². The van der Waals surface area contributed by atoms with Crippen molar-refractivity contribution in [1.82, 2.24) is 0 Å². The van der Waals surface area contributed by atoms with Crippen LogP contribution in [0.5, 0.6) is 0 Å². The van der Waals surface area contributed by atoms with Gasteiger partial charge < -0.3 is 0 Å². The lowest BCUT2D eigenvalue weighted by atomic mass is 10.0. The molecule has 1 rings (SSSR count). The first-order chi connectivity index (χ1) is 4.33. The molecule has 1 aliphatic rings. The maximum absolute atomic E-state index is 12.4. The molecule has 0 aromatic rings. The molecule has 0 atom stereocenters. The van der Waals surface area contributed by atoms with Gasteiger partial charge in [-0.3, -0.25) is 0 Å². The number of rotatable bonds is 1. The standard InChI is InChI=1S/C7H7BrF/c8-5-6-2-1-3-7(9)4-6/h1-3H,4-5H2. The second-order valence-corrected chi connectivity index (χ2v) is 2.50. The molecule has 0 nitrogen and oxygen atoms in total. The molecule has 0 amide bonds. The van der Waals surface area contributed by atoms with Crippen LogP contribution >= 0.6 is 15.9 Å². The first-order valence-corrected chi connectivity index (χ1v) is 3.88. The SMILES string of the molecule is FC1=CC=C[C](CBr)C1. The summed E-state index contributed by atoms with van der Waals surface area (Å²) in [5, 5.41) is 0.769. The maximum atomic E-state index is 12.4. The van der Waals surface area contributed by atoms with Gasteiger partial charge in [0.2, 0.25) is 0 Å². The van der Waals surface area contributed by atoms with Gasteiger partial charge in [0.25, 0.3) is 0 Å². The average molecular weight is 190 g/mol. The van der Waals surface area contributed by atoms with Gasteiger partial charge >= 0.3 is 0 Å². The van der Waals surface area contributed by atoms with Crippen molar-refractivity contribution in [3.63, 3.8) is 0 Å². The second-order valence-electron chi connectivity index (χ2n) is 1.94. The largest absolute Gasteiger partial charge is 0.212 e. The van der Waals surface area contributed by atoms with Gasteiger partial charge in [0.05, 0.1) is 0 Å². The van der Waals surface area contributed by atoms with Gasteiger partial charge in [-0.15, -0.1) is 0 Å². The Balaban J connectivity index is 2.51. The molecule has 0 unspecified atom stereocenters. The minimum atomic E-state index is -0.0491. The van der Waals surface area contributed by atoms with E-state index in [0.29, 0.717) is 6.42 Å². The van der Waals surface area contributed by atoms with E-state index in [1.807, 2.05) is 6.08 Å². The quantitative estimate of drug-likeness (QED) is 0.557. The van der Waals surface area contributed by atoms with Gasteiger partial charge in [-0.2, -0.15) is 0 Å². The fraction of sp³-hybridized carbons (Fsp3) is 0.286. The van der Waals surface area contributed by atoms with Crippen LogP contribution in [0.1, 0.15) is 6.42 Å². The molecule has 0 aromatic carbocycles. The van der Waals surface area contributed by atoms with Crippen LogP contribution in [0.15, 0.2) is 24.1 Å². The molecule has 0 bridgehead atoms. The second kappa shape index (κ2) is 3.16. The van der Waals surface area contributed by atoms with Gasteiger partial charge in [0, 0.05) is 17.7 Å². The Morgan fingerprint density at radius 3 is 2.89 bits per heavy atom. The van der Waals surface area contributed by atoms with Crippen LogP contribution in [0.4, 0.5) is 4.39 Å². The zero-order valence-electron chi connectivity index (χ0n) is 4.90. The molecule has 0 aliphatic heterocycles. The van der Waals surface area contributed by atoms with E-state index in [2.05, 4.69) is 15.9 Å². The summed E-state index contributed by atoms with van der Waals surface area (Å²) in [7, 11) is 0. The predicted octanol–water partition coefficient (Wildman–Crippen LogP) is 2.77. The van der Waals surface area contributed by atoms with Crippen LogP contribution in [0, 0.1) is 5.92 Å². The lowest BCUT2D eigenvalue weighted by molar-refractivity contribution is 0.598. The molecule has 1 aliphatic carbocycles. The fourth-order valence-electron chi connectivity index (χ4n) is 0.715. The average Bonchev–Trinajstić information content (AvgIpc) is 1.88. The molecule has 0 aromatic heterocycles. The van der Waals surface area contributed by atoms with Gasteiger partial charge in [-0.25, -0.2) is 4.39 Å². The third kappa shape index (κ3) is 1.94. The summed E-state index contributed by atoms with van der Waals surface area (Å²) in [6.07, 6.45) is 5.63. The molecule has 9 heavy (non-hydrogen) atoms. The Morgan fingerprint density at radius 1 is 1.67 bits per heavy atom. The van der Waals surface area contributed by atoms with Gasteiger partial charge in [-0.05, 0) is 6.08 Å². The van der Waals surface area contributed by atoms with E-state index in [0.717, 1.165) is 11.2 Å². The fourth-order valence-corrected chi connectivity index (χ4v) is 1.10. The molecule has 0 spiro atoms. The molecule has 0 fully saturated rings. The lowest BCUT2D eigenvalue weighted by Gasteiger charge is -2.08. The number of allylic oxidation sites excluding steroid dienone is 4. The first-order valence-electron chi connectivity index (χ1n) is 2.76. The van der Waals surface area contributed by atoms with Crippen LogP contribution in [-0.2, 0) is 0 Å². The normalized spacial score (nSPS) is 20.0. The van der Waals surface area contributed by atoms with E-state index < -0.39 is 0 Å². The Bertz CT molecular complexity index is 149. The van der Waals surface area contributed by atoms with Crippen molar-refractivity contribution >= 4 is 15.9 Å². The Hall–Kier alpha value is -0.110. The highest BCUT2D eigenvalue weighted by atomic mass is 79.9. The van der Waals surface area contributed by atoms with Crippen molar-refractivity contribution < 1.29 is 4.39 Å². The molecule has 0 heterocycles. The summed E-state index contributed by atoms with van der Waals surface area (Å²) in [5.41, 5.74) is 0. The lowest BCUT2D eigenvalue weighted by Crippen LogP contribution is -1.97. The summed E-state index contributed by atoms with van der Waals surface area (Å²) in [6.45, 7) is 0. The van der Waals surface area contributed by atoms with Crippen molar-refractivity contribution in [1.29, 1.82) is 0 Å². The molecule has 1 radical (unpaired) electrons. The predicted molar refractivity (Wildman–Crippen MR) is 40.0 cm³/mol. The third-order valence-corrected chi connectivity index (χ3v) is 1.90. The van der Waals surface area contributed by atoms with Crippen LogP contribution in [0.3, 0.4) is 0 Å². The minimum absolute atomic E-state index is 0.0491. The zero-order chi connectivity index (χ0) is 6.69. The summed E-state index contributed by atoms with van der Waals surface area (Å²) < 4.78 is 12.4. The molecule has 0 saturated heterocycles. The van der Waals surface area contributed by atoms with Gasteiger partial charge in [-0.1, -0.05) is 28.1 Å². The summed E-state index contributed by atoms with van der Waals surface area (Å²) in [4.78, 5) is 0. The highest BCUT2D eigenvalue weighted by Gasteiger charge is 2.08. The van der Waals surface area contributed by atoms with Crippen LogP contribution < -0.4 is 0 Å². The highest BCUT2D eigenvalue weighted by Crippen LogP contribution is 2.22. The Labute approximate surface area is 62.6 Å². The molecule has 0 saturated carbocycles. The summed E-state index contributed by atoms with van der Waals surface area (Å²) >= 11 is 3.26. The number of hydrogen-bond donors (Lipinski definition) is 0. The zero-order valence-corrected chi connectivity index (χ0v) is 6.49. The first kappa shape index (κ1) is 7.00.